The Balaban J connectivity index is 1.82. The fraction of sp³-hybridized carbons (Fsp3) is 0.357. The number of nitrogens with zero attached hydrogens (tertiary/aromatic N) is 1. The van der Waals surface area contributed by atoms with Crippen LogP contribution in [0.25, 0.3) is 11.1 Å². The van der Waals surface area contributed by atoms with E-state index in [-0.39, 0.29) is 22.9 Å². The maximum atomic E-state index is 13.5. The van der Waals surface area contributed by atoms with Crippen LogP contribution < -0.4 is 35.6 Å². The van der Waals surface area contributed by atoms with Crippen LogP contribution in [-0.4, -0.2) is 44.2 Å². The molecular formula is C28H32N4O6S. The van der Waals surface area contributed by atoms with E-state index in [0.717, 1.165) is 16.8 Å². The van der Waals surface area contributed by atoms with Crippen molar-refractivity contribution in [2.45, 2.75) is 45.7 Å². The molecule has 206 valence electrons. The van der Waals surface area contributed by atoms with Crippen molar-refractivity contribution in [3.8, 4) is 28.4 Å². The number of benzene rings is 1. The maximum Gasteiger partial charge on any atom is 0.248 e. The predicted octanol–water partition coefficient (Wildman–Crippen LogP) is 4.07. The summed E-state index contributed by atoms with van der Waals surface area (Å²) < 4.78 is 17.0. The summed E-state index contributed by atoms with van der Waals surface area (Å²) >= 11 is 1.33. The van der Waals surface area contributed by atoms with E-state index in [2.05, 4.69) is 20.9 Å². The number of carbonyl (C=O) groups is 2. The van der Waals surface area contributed by atoms with Gasteiger partial charge in [0.15, 0.2) is 16.6 Å². The van der Waals surface area contributed by atoms with Gasteiger partial charge in [0.25, 0.3) is 0 Å². The molecule has 0 unspecified atom stereocenters. The monoisotopic (exact) mass is 552 g/mol. The van der Waals surface area contributed by atoms with Gasteiger partial charge in [-0.25, -0.2) is 4.98 Å². The second-order valence-corrected chi connectivity index (χ2v) is 10.1. The van der Waals surface area contributed by atoms with E-state index in [0.29, 0.717) is 46.3 Å². The standard InChI is InChI=1S/C28H32N4O6S/c1-14-13-39-28(29-14)32-27(35)15(2)30-21-10-8-18-19(12-22(21)34)20(31-16(3)33)9-7-17-11-23(36-4)25(37-5)26(38-6)24(17)18/h8,10-13,15,20H,7,9H2,1-6H3,(H,30,34)(H,31,33)(H,29,32,35)/t15-,20-/m1/s1. The Kier molecular flexibility index (Phi) is 8.39. The number of thiazole rings is 1. The molecule has 11 heteroatoms. The lowest BCUT2D eigenvalue weighted by Gasteiger charge is -2.19. The van der Waals surface area contributed by atoms with Crippen molar-refractivity contribution in [3.63, 3.8) is 0 Å². The van der Waals surface area contributed by atoms with Crippen LogP contribution in [0.4, 0.5) is 10.8 Å². The molecule has 1 aromatic heterocycles. The number of anilines is 2. The molecule has 4 rings (SSSR count). The van der Waals surface area contributed by atoms with Gasteiger partial charge in [-0.2, -0.15) is 0 Å². The molecule has 1 heterocycles. The largest absolute Gasteiger partial charge is 0.493 e. The van der Waals surface area contributed by atoms with Crippen LogP contribution in [0.1, 0.15) is 43.1 Å². The molecule has 0 radical (unpaired) electrons. The fourth-order valence-corrected chi connectivity index (χ4v) is 5.44. The van der Waals surface area contributed by atoms with Crippen molar-refractivity contribution >= 4 is 34.0 Å². The van der Waals surface area contributed by atoms with Crippen LogP contribution in [0.3, 0.4) is 0 Å². The topological polar surface area (TPSA) is 128 Å². The quantitative estimate of drug-likeness (QED) is 0.382. The third kappa shape index (κ3) is 5.83. The smallest absolute Gasteiger partial charge is 0.248 e. The zero-order valence-electron chi connectivity index (χ0n) is 22.8. The van der Waals surface area contributed by atoms with Crippen LogP contribution in [0, 0.1) is 6.92 Å². The van der Waals surface area contributed by atoms with Gasteiger partial charge >= 0.3 is 0 Å². The van der Waals surface area contributed by atoms with Gasteiger partial charge < -0.3 is 30.2 Å². The molecule has 1 aliphatic rings. The summed E-state index contributed by atoms with van der Waals surface area (Å²) in [5.41, 5.74) is 3.76. The van der Waals surface area contributed by atoms with Crippen molar-refractivity contribution in [1.29, 1.82) is 0 Å². The zero-order chi connectivity index (χ0) is 28.3. The van der Waals surface area contributed by atoms with Gasteiger partial charge in [0.05, 0.1) is 38.8 Å². The average Bonchev–Trinajstić information content (AvgIpc) is 3.17. The minimum atomic E-state index is -0.721. The van der Waals surface area contributed by atoms with Gasteiger partial charge in [-0.05, 0) is 61.6 Å². The first-order valence-electron chi connectivity index (χ1n) is 12.4. The van der Waals surface area contributed by atoms with E-state index < -0.39 is 12.1 Å². The number of hydrogen-bond donors (Lipinski definition) is 3. The number of hydrogen-bond acceptors (Lipinski definition) is 9. The van der Waals surface area contributed by atoms with E-state index in [4.69, 9.17) is 14.2 Å². The van der Waals surface area contributed by atoms with Crippen molar-refractivity contribution in [2.24, 2.45) is 0 Å². The van der Waals surface area contributed by atoms with Gasteiger partial charge in [-0.15, -0.1) is 11.3 Å². The molecule has 1 aliphatic carbocycles. The van der Waals surface area contributed by atoms with Crippen molar-refractivity contribution in [1.82, 2.24) is 10.3 Å². The average molecular weight is 553 g/mol. The van der Waals surface area contributed by atoms with Gasteiger partial charge in [-0.1, -0.05) is 6.07 Å². The van der Waals surface area contributed by atoms with Gasteiger partial charge in [0.2, 0.25) is 23.0 Å². The Morgan fingerprint density at radius 2 is 1.85 bits per heavy atom. The number of carbonyl (C=O) groups excluding carboxylic acids is 2. The van der Waals surface area contributed by atoms with Crippen LogP contribution in [0.15, 0.2) is 34.4 Å². The van der Waals surface area contributed by atoms with E-state index in [1.54, 1.807) is 33.3 Å². The Hall–Kier alpha value is -4.12. The third-order valence-corrected chi connectivity index (χ3v) is 7.41. The number of methoxy groups -OCH3 is 3. The number of rotatable bonds is 8. The van der Waals surface area contributed by atoms with Crippen LogP contribution >= 0.6 is 11.3 Å². The molecule has 0 fully saturated rings. The number of ether oxygens (including phenoxy) is 3. The highest BCUT2D eigenvalue weighted by Crippen LogP contribution is 2.50. The zero-order valence-corrected chi connectivity index (χ0v) is 23.6. The van der Waals surface area contributed by atoms with E-state index >= 15 is 0 Å². The summed E-state index contributed by atoms with van der Waals surface area (Å²) in [6.07, 6.45) is 1.15. The Morgan fingerprint density at radius 3 is 2.46 bits per heavy atom. The molecule has 2 amide bonds. The highest BCUT2D eigenvalue weighted by Gasteiger charge is 2.29. The highest BCUT2D eigenvalue weighted by molar-refractivity contribution is 7.13. The molecule has 39 heavy (non-hydrogen) atoms. The molecule has 2 aromatic carbocycles. The molecule has 0 aliphatic heterocycles. The lowest BCUT2D eigenvalue weighted by molar-refractivity contribution is -0.119. The molecule has 2 atom stereocenters. The Bertz CT molecular complexity index is 1470. The molecule has 3 aromatic rings. The molecular weight excluding hydrogens is 520 g/mol. The fourth-order valence-electron chi connectivity index (χ4n) is 4.75. The minimum Gasteiger partial charge on any atom is -0.493 e. The summed E-state index contributed by atoms with van der Waals surface area (Å²) in [5.74, 6) is 0.889. The number of aryl methyl sites for hydroxylation is 2. The summed E-state index contributed by atoms with van der Waals surface area (Å²) in [7, 11) is 4.64. The van der Waals surface area contributed by atoms with Crippen LogP contribution in [0.5, 0.6) is 17.2 Å². The third-order valence-electron chi connectivity index (χ3n) is 6.53. The molecule has 0 saturated heterocycles. The second kappa shape index (κ2) is 11.7. The van der Waals surface area contributed by atoms with Crippen molar-refractivity contribution in [3.05, 3.63) is 56.7 Å². The summed E-state index contributed by atoms with van der Waals surface area (Å²) in [4.78, 5) is 42.6. The summed E-state index contributed by atoms with van der Waals surface area (Å²) in [6, 6.07) is 5.72. The van der Waals surface area contributed by atoms with E-state index in [1.165, 1.54) is 31.4 Å². The molecule has 0 spiro atoms. The first-order chi connectivity index (χ1) is 18.7. The van der Waals surface area contributed by atoms with Gasteiger partial charge in [0.1, 0.15) is 6.04 Å². The van der Waals surface area contributed by atoms with Crippen LogP contribution in [-0.2, 0) is 16.0 Å². The number of nitrogens with one attached hydrogen (secondary N) is 3. The van der Waals surface area contributed by atoms with Crippen molar-refractivity contribution in [2.75, 3.05) is 32.0 Å². The minimum absolute atomic E-state index is 0.209. The summed E-state index contributed by atoms with van der Waals surface area (Å²) in [5, 5.41) is 11.1. The molecule has 0 bridgehead atoms. The van der Waals surface area contributed by atoms with Gasteiger partial charge in [0, 0.05) is 17.9 Å². The van der Waals surface area contributed by atoms with Crippen LogP contribution in [0.2, 0.25) is 0 Å². The van der Waals surface area contributed by atoms with E-state index in [1.807, 2.05) is 18.4 Å². The van der Waals surface area contributed by atoms with Crippen molar-refractivity contribution < 1.29 is 23.8 Å². The lowest BCUT2D eigenvalue weighted by Crippen LogP contribution is -2.33. The molecule has 3 N–H and O–H groups in total. The summed E-state index contributed by atoms with van der Waals surface area (Å²) in [6.45, 7) is 4.96. The Morgan fingerprint density at radius 1 is 1.10 bits per heavy atom. The lowest BCUT2D eigenvalue weighted by atomic mass is 9.95. The number of fused-ring (bicyclic) bond motifs is 3. The number of amides is 2. The molecule has 10 nitrogen and oxygen atoms in total. The second-order valence-electron chi connectivity index (χ2n) is 9.25. The normalized spacial score (nSPS) is 14.7. The number of aromatic nitrogens is 1. The SMILES string of the molecule is COc1cc2c(c(OC)c1OC)-c1ccc(N[C@H](C)C(=O)Nc3nc(C)cs3)c(=O)cc1[C@H](NC(C)=O)CC2. The maximum absolute atomic E-state index is 13.5. The first-order valence-corrected chi connectivity index (χ1v) is 13.3. The highest BCUT2D eigenvalue weighted by atomic mass is 32.1. The predicted molar refractivity (Wildman–Crippen MR) is 151 cm³/mol. The molecule has 0 saturated carbocycles. The van der Waals surface area contributed by atoms with E-state index in [9.17, 15) is 14.4 Å². The Labute approximate surface area is 230 Å². The first kappa shape index (κ1) is 27.9. The van der Waals surface area contributed by atoms with Gasteiger partial charge in [-0.3, -0.25) is 14.4 Å².